The number of para-hydroxylation sites is 1. The molecule has 3 rings (SSSR count). The average molecular weight is 516 g/mol. The minimum Gasteiger partial charge on any atom is -0.493 e. The fourth-order valence-electron chi connectivity index (χ4n) is 4.33. The van der Waals surface area contributed by atoms with Crippen molar-refractivity contribution in [1.29, 1.82) is 0 Å². The molecule has 202 valence electrons. The van der Waals surface area contributed by atoms with Crippen LogP contribution in [0.25, 0.3) is 0 Å². The van der Waals surface area contributed by atoms with Crippen molar-refractivity contribution >= 4 is 29.5 Å². The number of hydrogen-bond acceptors (Lipinski definition) is 6. The van der Waals surface area contributed by atoms with Crippen LogP contribution < -0.4 is 26.0 Å². The third kappa shape index (κ3) is 8.47. The van der Waals surface area contributed by atoms with Gasteiger partial charge in [0.2, 0.25) is 23.6 Å². The SMILES string of the molecule is CC(C)C[C@H]1NC(=O)C[C@@H](C(=O)NCCN2CCCC2=O)NC(=O)c2ccccc2OCCCNC1=O. The van der Waals surface area contributed by atoms with Gasteiger partial charge in [-0.15, -0.1) is 0 Å². The standard InChI is InChI=1S/C26H37N5O6/c1-17(2)15-19-25(35)27-10-6-14-37-21-8-4-3-7-18(21)24(34)30-20(16-22(32)29-19)26(36)28-11-13-31-12-5-9-23(31)33/h3-4,7-8,17,19-20H,5-6,9-16H2,1-2H3,(H,27,35)(H,28,36)(H,29,32)(H,30,34)/t19-,20+/m1/s1. The summed E-state index contributed by atoms with van der Waals surface area (Å²) in [5.41, 5.74) is 0.236. The quantitative estimate of drug-likeness (QED) is 0.430. The highest BCUT2D eigenvalue weighted by Crippen LogP contribution is 2.19. The summed E-state index contributed by atoms with van der Waals surface area (Å²) in [5, 5.41) is 10.9. The number of hydrogen-bond donors (Lipinski definition) is 4. The number of carbonyl (C=O) groups is 5. The lowest BCUT2D eigenvalue weighted by Gasteiger charge is -2.23. The van der Waals surface area contributed by atoms with Gasteiger partial charge >= 0.3 is 0 Å². The number of carbonyl (C=O) groups excluding carboxylic acids is 5. The van der Waals surface area contributed by atoms with Crippen molar-refractivity contribution in [2.75, 3.05) is 32.8 Å². The lowest BCUT2D eigenvalue weighted by Crippen LogP contribution is -2.52. The summed E-state index contributed by atoms with van der Waals surface area (Å²) in [6.45, 7) is 5.70. The minimum absolute atomic E-state index is 0.0434. The summed E-state index contributed by atoms with van der Waals surface area (Å²) in [6, 6.07) is 4.69. The highest BCUT2D eigenvalue weighted by molar-refractivity contribution is 6.01. The van der Waals surface area contributed by atoms with Gasteiger partial charge in [-0.05, 0) is 37.3 Å². The van der Waals surface area contributed by atoms with E-state index < -0.39 is 29.8 Å². The van der Waals surface area contributed by atoms with Crippen LogP contribution in [-0.4, -0.2) is 79.3 Å². The second-order valence-electron chi connectivity index (χ2n) is 9.74. The molecule has 0 bridgehead atoms. The van der Waals surface area contributed by atoms with Gasteiger partial charge in [0.1, 0.15) is 17.8 Å². The molecule has 1 fully saturated rings. The lowest BCUT2D eigenvalue weighted by molar-refractivity contribution is -0.131. The maximum Gasteiger partial charge on any atom is 0.255 e. The number of benzene rings is 1. The molecule has 2 heterocycles. The Balaban J connectivity index is 1.77. The zero-order chi connectivity index (χ0) is 26.8. The number of nitrogens with zero attached hydrogens (tertiary/aromatic N) is 1. The molecule has 37 heavy (non-hydrogen) atoms. The van der Waals surface area contributed by atoms with E-state index in [1.54, 1.807) is 29.2 Å². The molecule has 1 aromatic rings. The smallest absolute Gasteiger partial charge is 0.255 e. The monoisotopic (exact) mass is 515 g/mol. The minimum atomic E-state index is -1.19. The zero-order valence-corrected chi connectivity index (χ0v) is 21.5. The Kier molecular flexibility index (Phi) is 10.3. The Hall–Kier alpha value is -3.63. The van der Waals surface area contributed by atoms with Crippen molar-refractivity contribution in [1.82, 2.24) is 26.2 Å². The average Bonchev–Trinajstić information content (AvgIpc) is 3.26. The van der Waals surface area contributed by atoms with Gasteiger partial charge in [0.05, 0.1) is 18.6 Å². The first-order valence-electron chi connectivity index (χ1n) is 12.9. The Morgan fingerprint density at radius 2 is 1.92 bits per heavy atom. The van der Waals surface area contributed by atoms with Gasteiger partial charge in [0.15, 0.2) is 0 Å². The molecule has 1 aromatic carbocycles. The number of fused-ring (bicyclic) bond motifs is 1. The van der Waals surface area contributed by atoms with Crippen molar-refractivity contribution in [3.05, 3.63) is 29.8 Å². The van der Waals surface area contributed by atoms with E-state index in [2.05, 4.69) is 21.3 Å². The fraction of sp³-hybridized carbons (Fsp3) is 0.577. The number of nitrogens with one attached hydrogen (secondary N) is 4. The summed E-state index contributed by atoms with van der Waals surface area (Å²) < 4.78 is 5.78. The number of amides is 5. The highest BCUT2D eigenvalue weighted by Gasteiger charge is 2.29. The predicted molar refractivity (Wildman–Crippen MR) is 136 cm³/mol. The van der Waals surface area contributed by atoms with E-state index in [9.17, 15) is 24.0 Å². The van der Waals surface area contributed by atoms with Crippen LogP contribution >= 0.6 is 0 Å². The Morgan fingerprint density at radius 1 is 1.14 bits per heavy atom. The van der Waals surface area contributed by atoms with Crippen molar-refractivity contribution in [3.8, 4) is 5.75 Å². The highest BCUT2D eigenvalue weighted by atomic mass is 16.5. The molecule has 5 amide bonds. The largest absolute Gasteiger partial charge is 0.493 e. The second-order valence-corrected chi connectivity index (χ2v) is 9.74. The van der Waals surface area contributed by atoms with Crippen molar-refractivity contribution in [2.45, 2.75) is 58.0 Å². The fourth-order valence-corrected chi connectivity index (χ4v) is 4.33. The summed E-state index contributed by atoms with van der Waals surface area (Å²) >= 11 is 0. The normalized spacial score (nSPS) is 21.6. The number of likely N-dealkylation sites (tertiary alicyclic amines) is 1. The lowest BCUT2D eigenvalue weighted by atomic mass is 10.0. The van der Waals surface area contributed by atoms with Gasteiger partial charge in [0.25, 0.3) is 5.91 Å². The predicted octanol–water partition coefficient (Wildman–Crippen LogP) is 0.343. The van der Waals surface area contributed by atoms with Crippen LogP contribution in [0.2, 0.25) is 0 Å². The van der Waals surface area contributed by atoms with Crippen LogP contribution in [-0.2, 0) is 19.2 Å². The van der Waals surface area contributed by atoms with Crippen molar-refractivity contribution < 1.29 is 28.7 Å². The van der Waals surface area contributed by atoms with Crippen LogP contribution in [0.1, 0.15) is 56.3 Å². The van der Waals surface area contributed by atoms with E-state index in [-0.39, 0.29) is 42.9 Å². The molecule has 2 atom stereocenters. The van der Waals surface area contributed by atoms with Crippen LogP contribution in [0.5, 0.6) is 5.75 Å². The van der Waals surface area contributed by atoms with Crippen LogP contribution in [0.3, 0.4) is 0 Å². The molecule has 0 spiro atoms. The van der Waals surface area contributed by atoms with E-state index in [4.69, 9.17) is 4.74 Å². The third-order valence-electron chi connectivity index (χ3n) is 6.23. The first-order valence-corrected chi connectivity index (χ1v) is 12.9. The number of ether oxygens (including phenoxy) is 1. The van der Waals surface area contributed by atoms with Crippen molar-refractivity contribution in [2.24, 2.45) is 5.92 Å². The summed E-state index contributed by atoms with van der Waals surface area (Å²) in [7, 11) is 0. The van der Waals surface area contributed by atoms with Crippen LogP contribution in [0, 0.1) is 5.92 Å². The van der Waals surface area contributed by atoms with E-state index in [1.807, 2.05) is 13.8 Å². The van der Waals surface area contributed by atoms with E-state index in [1.165, 1.54) is 0 Å². The topological polar surface area (TPSA) is 146 Å². The molecule has 0 aliphatic carbocycles. The van der Waals surface area contributed by atoms with Gasteiger partial charge in [-0.25, -0.2) is 0 Å². The molecule has 11 nitrogen and oxygen atoms in total. The Morgan fingerprint density at radius 3 is 2.65 bits per heavy atom. The maximum atomic E-state index is 13.1. The molecule has 4 N–H and O–H groups in total. The first kappa shape index (κ1) is 27.9. The molecule has 0 radical (unpaired) electrons. The second kappa shape index (κ2) is 13.6. The van der Waals surface area contributed by atoms with E-state index in [0.717, 1.165) is 6.42 Å². The van der Waals surface area contributed by atoms with Crippen LogP contribution in [0.4, 0.5) is 0 Å². The van der Waals surface area contributed by atoms with Gasteiger partial charge in [0, 0.05) is 32.6 Å². The summed E-state index contributed by atoms with van der Waals surface area (Å²) in [5.74, 6) is -1.42. The van der Waals surface area contributed by atoms with Crippen molar-refractivity contribution in [3.63, 3.8) is 0 Å². The molecule has 1 saturated heterocycles. The first-order chi connectivity index (χ1) is 17.7. The Bertz CT molecular complexity index is 997. The zero-order valence-electron chi connectivity index (χ0n) is 21.5. The summed E-state index contributed by atoms with van der Waals surface area (Å²) in [4.78, 5) is 65.4. The molecule has 0 unspecified atom stereocenters. The summed E-state index contributed by atoms with van der Waals surface area (Å²) in [6.07, 6.45) is 1.87. The van der Waals surface area contributed by atoms with Gasteiger partial charge in [-0.3, -0.25) is 24.0 Å². The van der Waals surface area contributed by atoms with E-state index >= 15 is 0 Å². The Labute approximate surface area is 217 Å². The molecule has 0 saturated carbocycles. The molecule has 11 heteroatoms. The number of rotatable bonds is 6. The van der Waals surface area contributed by atoms with E-state index in [0.29, 0.717) is 44.6 Å². The molecular formula is C26H37N5O6. The maximum absolute atomic E-state index is 13.1. The molecular weight excluding hydrogens is 478 g/mol. The third-order valence-corrected chi connectivity index (χ3v) is 6.23. The van der Waals surface area contributed by atoms with Crippen LogP contribution in [0.15, 0.2) is 24.3 Å². The van der Waals surface area contributed by atoms with Gasteiger partial charge in [-0.2, -0.15) is 0 Å². The molecule has 0 aromatic heterocycles. The molecule has 2 aliphatic rings. The molecule has 2 aliphatic heterocycles. The van der Waals surface area contributed by atoms with Gasteiger partial charge < -0.3 is 30.9 Å². The van der Waals surface area contributed by atoms with Gasteiger partial charge in [-0.1, -0.05) is 26.0 Å².